The first kappa shape index (κ1) is 23.6. The van der Waals surface area contributed by atoms with Gasteiger partial charge in [0.1, 0.15) is 0 Å². The smallest absolute Gasteiger partial charge is 0.338 e. The largest absolute Gasteiger partial charge is 0.463 e. The first-order valence-electron chi connectivity index (χ1n) is 11.2. The van der Waals surface area contributed by atoms with Crippen molar-refractivity contribution in [1.82, 2.24) is 25.3 Å². The molecule has 1 unspecified atom stereocenters. The lowest BCUT2D eigenvalue weighted by atomic mass is 9.94. The summed E-state index contributed by atoms with van der Waals surface area (Å²) in [5.74, 6) is -0.429. The van der Waals surface area contributed by atoms with Gasteiger partial charge in [-0.2, -0.15) is 0 Å². The summed E-state index contributed by atoms with van der Waals surface area (Å²) in [6.07, 6.45) is 0.817. The van der Waals surface area contributed by atoms with E-state index < -0.39 is 12.0 Å². The van der Waals surface area contributed by atoms with Crippen LogP contribution in [0.1, 0.15) is 31.9 Å². The standard InChI is InChI=1S/C23H33N5O4/c1-4-24-22(30)28-13-9-12-27(14-15-28)16-18-19(21(29)32-5-2)20(25-23(31)26(18)3)17-10-7-6-8-11-17/h6-8,10-11,20H,4-5,9,12-16H2,1-3H3,(H,24,30)(H,25,31). The summed E-state index contributed by atoms with van der Waals surface area (Å²) < 4.78 is 5.38. The molecular formula is C23H33N5O4. The van der Waals surface area contributed by atoms with E-state index in [1.807, 2.05) is 42.2 Å². The number of hydrogen-bond donors (Lipinski definition) is 2. The van der Waals surface area contributed by atoms with Crippen molar-refractivity contribution in [1.29, 1.82) is 0 Å². The van der Waals surface area contributed by atoms with Crippen LogP contribution in [0, 0.1) is 0 Å². The zero-order valence-corrected chi connectivity index (χ0v) is 19.1. The highest BCUT2D eigenvalue weighted by atomic mass is 16.5. The van der Waals surface area contributed by atoms with Crippen LogP contribution in [0.5, 0.6) is 0 Å². The molecule has 4 amide bonds. The third kappa shape index (κ3) is 5.40. The predicted octanol–water partition coefficient (Wildman–Crippen LogP) is 1.94. The van der Waals surface area contributed by atoms with Crippen LogP contribution in [0.2, 0.25) is 0 Å². The van der Waals surface area contributed by atoms with Crippen LogP contribution in [0.3, 0.4) is 0 Å². The highest BCUT2D eigenvalue weighted by Gasteiger charge is 2.37. The molecule has 2 N–H and O–H groups in total. The van der Waals surface area contributed by atoms with Crippen molar-refractivity contribution in [2.75, 3.05) is 52.9 Å². The number of carbonyl (C=O) groups is 3. The Balaban J connectivity index is 1.89. The molecular weight excluding hydrogens is 410 g/mol. The Hall–Kier alpha value is -3.07. The summed E-state index contributed by atoms with van der Waals surface area (Å²) >= 11 is 0. The number of esters is 1. The van der Waals surface area contributed by atoms with Crippen LogP contribution in [0.25, 0.3) is 0 Å². The van der Waals surface area contributed by atoms with E-state index in [9.17, 15) is 14.4 Å². The lowest BCUT2D eigenvalue weighted by Crippen LogP contribution is -2.49. The zero-order valence-electron chi connectivity index (χ0n) is 19.1. The quantitative estimate of drug-likeness (QED) is 0.656. The number of carbonyl (C=O) groups excluding carboxylic acids is 3. The van der Waals surface area contributed by atoms with Crippen molar-refractivity contribution in [3.63, 3.8) is 0 Å². The van der Waals surface area contributed by atoms with E-state index >= 15 is 0 Å². The first-order valence-corrected chi connectivity index (χ1v) is 11.2. The Labute approximate surface area is 189 Å². The Bertz CT molecular complexity index is 857. The van der Waals surface area contributed by atoms with Gasteiger partial charge in [0.2, 0.25) is 0 Å². The topological polar surface area (TPSA) is 94.2 Å². The van der Waals surface area contributed by atoms with Gasteiger partial charge in [-0.3, -0.25) is 9.80 Å². The van der Waals surface area contributed by atoms with E-state index in [1.54, 1.807) is 14.0 Å². The number of rotatable bonds is 6. The van der Waals surface area contributed by atoms with Crippen molar-refractivity contribution in [3.8, 4) is 0 Å². The summed E-state index contributed by atoms with van der Waals surface area (Å²) in [5, 5.41) is 5.78. The van der Waals surface area contributed by atoms with Crippen molar-refractivity contribution >= 4 is 18.0 Å². The maximum atomic E-state index is 13.0. The lowest BCUT2D eigenvalue weighted by molar-refractivity contribution is -0.139. The monoisotopic (exact) mass is 443 g/mol. The molecule has 32 heavy (non-hydrogen) atoms. The van der Waals surface area contributed by atoms with E-state index in [-0.39, 0.29) is 18.7 Å². The summed E-state index contributed by atoms with van der Waals surface area (Å²) in [6, 6.07) is 8.55. The molecule has 0 bridgehead atoms. The molecule has 1 saturated heterocycles. The van der Waals surface area contributed by atoms with E-state index in [2.05, 4.69) is 15.5 Å². The van der Waals surface area contributed by atoms with Gasteiger partial charge < -0.3 is 20.3 Å². The molecule has 9 heteroatoms. The van der Waals surface area contributed by atoms with Gasteiger partial charge >= 0.3 is 18.0 Å². The summed E-state index contributed by atoms with van der Waals surface area (Å²) in [5.41, 5.74) is 1.91. The fourth-order valence-corrected chi connectivity index (χ4v) is 4.10. The number of nitrogens with one attached hydrogen (secondary N) is 2. The summed E-state index contributed by atoms with van der Waals surface area (Å²) in [6.45, 7) is 7.62. The second kappa shape index (κ2) is 11.0. The molecule has 1 fully saturated rings. The minimum atomic E-state index is -0.576. The second-order valence-electron chi connectivity index (χ2n) is 7.89. The third-order valence-corrected chi connectivity index (χ3v) is 5.78. The van der Waals surface area contributed by atoms with Crippen molar-refractivity contribution in [2.45, 2.75) is 26.3 Å². The molecule has 2 aliphatic rings. The Morgan fingerprint density at radius 3 is 2.56 bits per heavy atom. The van der Waals surface area contributed by atoms with Crippen LogP contribution in [0.15, 0.2) is 41.6 Å². The van der Waals surface area contributed by atoms with Gasteiger partial charge in [0.05, 0.1) is 18.2 Å². The number of hydrogen-bond acceptors (Lipinski definition) is 5. The highest BCUT2D eigenvalue weighted by Crippen LogP contribution is 2.31. The van der Waals surface area contributed by atoms with Crippen molar-refractivity contribution < 1.29 is 19.1 Å². The minimum absolute atomic E-state index is 0.0564. The van der Waals surface area contributed by atoms with E-state index in [4.69, 9.17) is 4.74 Å². The molecule has 1 atom stereocenters. The van der Waals surface area contributed by atoms with Crippen molar-refractivity contribution in [3.05, 3.63) is 47.2 Å². The predicted molar refractivity (Wildman–Crippen MR) is 121 cm³/mol. The molecule has 2 heterocycles. The number of likely N-dealkylation sites (N-methyl/N-ethyl adjacent to an activating group) is 1. The van der Waals surface area contributed by atoms with Crippen LogP contribution in [0.4, 0.5) is 9.59 Å². The molecule has 2 aliphatic heterocycles. The number of benzene rings is 1. The number of nitrogens with zero attached hydrogens (tertiary/aromatic N) is 3. The Kier molecular flexibility index (Phi) is 8.10. The molecule has 1 aromatic carbocycles. The Morgan fingerprint density at radius 2 is 1.88 bits per heavy atom. The number of amides is 4. The second-order valence-corrected chi connectivity index (χ2v) is 7.89. The zero-order chi connectivity index (χ0) is 23.1. The lowest BCUT2D eigenvalue weighted by Gasteiger charge is -2.36. The molecule has 0 aromatic heterocycles. The Morgan fingerprint density at radius 1 is 1.12 bits per heavy atom. The average Bonchev–Trinajstić information content (AvgIpc) is 3.03. The van der Waals surface area contributed by atoms with E-state index in [1.165, 1.54) is 4.90 Å². The van der Waals surface area contributed by atoms with Gasteiger partial charge in [0.25, 0.3) is 0 Å². The summed E-state index contributed by atoms with van der Waals surface area (Å²) in [7, 11) is 1.67. The van der Waals surface area contributed by atoms with E-state index in [0.29, 0.717) is 44.0 Å². The van der Waals surface area contributed by atoms with Gasteiger partial charge in [-0.05, 0) is 25.8 Å². The van der Waals surface area contributed by atoms with Gasteiger partial charge in [0.15, 0.2) is 0 Å². The van der Waals surface area contributed by atoms with E-state index in [0.717, 1.165) is 18.5 Å². The molecule has 3 rings (SSSR count). The first-order chi connectivity index (χ1) is 15.5. The van der Waals surface area contributed by atoms with Gasteiger partial charge in [-0.15, -0.1) is 0 Å². The normalized spacial score (nSPS) is 20.0. The molecule has 1 aromatic rings. The maximum absolute atomic E-state index is 13.0. The minimum Gasteiger partial charge on any atom is -0.463 e. The SMILES string of the molecule is CCNC(=O)N1CCCN(CC2=C(C(=O)OCC)C(c3ccccc3)NC(=O)N2C)CC1. The van der Waals surface area contributed by atoms with Crippen LogP contribution in [-0.4, -0.2) is 85.7 Å². The van der Waals surface area contributed by atoms with Gasteiger partial charge in [0, 0.05) is 52.0 Å². The molecule has 0 spiro atoms. The van der Waals surface area contributed by atoms with Crippen LogP contribution < -0.4 is 10.6 Å². The fourth-order valence-electron chi connectivity index (χ4n) is 4.10. The van der Waals surface area contributed by atoms with Gasteiger partial charge in [-0.25, -0.2) is 14.4 Å². The molecule has 0 aliphatic carbocycles. The average molecular weight is 444 g/mol. The number of urea groups is 2. The highest BCUT2D eigenvalue weighted by molar-refractivity contribution is 5.95. The van der Waals surface area contributed by atoms with Gasteiger partial charge in [-0.1, -0.05) is 30.3 Å². The molecule has 9 nitrogen and oxygen atoms in total. The number of ether oxygens (including phenoxy) is 1. The fraction of sp³-hybridized carbons (Fsp3) is 0.522. The van der Waals surface area contributed by atoms with Crippen molar-refractivity contribution in [2.24, 2.45) is 0 Å². The summed E-state index contributed by atoms with van der Waals surface area (Å²) in [4.78, 5) is 43.5. The third-order valence-electron chi connectivity index (χ3n) is 5.78. The molecule has 174 valence electrons. The maximum Gasteiger partial charge on any atom is 0.338 e. The van der Waals surface area contributed by atoms with Crippen LogP contribution >= 0.6 is 0 Å². The molecule has 0 saturated carbocycles. The van der Waals surface area contributed by atoms with Crippen LogP contribution in [-0.2, 0) is 9.53 Å². The molecule has 0 radical (unpaired) electrons.